The van der Waals surface area contributed by atoms with Gasteiger partial charge < -0.3 is 5.32 Å². The van der Waals surface area contributed by atoms with Gasteiger partial charge in [-0.3, -0.25) is 0 Å². The summed E-state index contributed by atoms with van der Waals surface area (Å²) in [4.78, 5) is 0. The van der Waals surface area contributed by atoms with Gasteiger partial charge in [-0.1, -0.05) is 42.5 Å². The Morgan fingerprint density at radius 2 is 1.72 bits per heavy atom. The predicted octanol–water partition coefficient (Wildman–Crippen LogP) is 4.05. The third-order valence-corrected chi connectivity index (χ3v) is 2.90. The van der Waals surface area contributed by atoms with Crippen LogP contribution in [-0.2, 0) is 0 Å². The zero-order valence-corrected chi connectivity index (χ0v) is 9.96. The van der Waals surface area contributed by atoms with Crippen LogP contribution in [0.2, 0.25) is 0 Å². The van der Waals surface area contributed by atoms with Crippen molar-refractivity contribution in [2.24, 2.45) is 0 Å². The molecule has 0 aliphatic heterocycles. The van der Waals surface area contributed by atoms with Crippen LogP contribution in [-0.4, -0.2) is 12.7 Å². The van der Waals surface area contributed by atoms with E-state index in [4.69, 9.17) is 0 Å². The van der Waals surface area contributed by atoms with Crippen LogP contribution in [0, 0.1) is 0 Å². The highest BCUT2D eigenvalue weighted by Crippen LogP contribution is 2.24. The van der Waals surface area contributed by atoms with Gasteiger partial charge in [0.1, 0.15) is 0 Å². The summed E-state index contributed by atoms with van der Waals surface area (Å²) in [5.74, 6) is 0. The van der Waals surface area contributed by atoms with E-state index in [2.05, 4.69) is 5.32 Å². The Kier molecular flexibility index (Phi) is 3.57. The summed E-state index contributed by atoms with van der Waals surface area (Å²) in [6.45, 7) is 0.769. The number of hydrogen-bond donors (Lipinski definition) is 1. The lowest BCUT2D eigenvalue weighted by Gasteiger charge is -2.17. The first-order valence-electron chi connectivity index (χ1n) is 5.75. The molecule has 0 aromatic heterocycles. The fourth-order valence-corrected chi connectivity index (χ4v) is 2.01. The molecule has 0 saturated heterocycles. The van der Waals surface area contributed by atoms with Gasteiger partial charge in [-0.05, 0) is 23.3 Å². The van der Waals surface area contributed by atoms with Crippen molar-refractivity contribution < 1.29 is 13.2 Å². The highest BCUT2D eigenvalue weighted by atomic mass is 19.4. The zero-order valence-electron chi connectivity index (χ0n) is 9.96. The van der Waals surface area contributed by atoms with Crippen molar-refractivity contribution in [3.63, 3.8) is 0 Å². The van der Waals surface area contributed by atoms with Gasteiger partial charge in [-0.15, -0.1) is 0 Å². The minimum atomic E-state index is -4.18. The Morgan fingerprint density at radius 1 is 1.06 bits per heavy atom. The molecule has 1 nitrogen and oxygen atoms in total. The Balaban J connectivity index is 2.25. The fourth-order valence-electron chi connectivity index (χ4n) is 2.01. The molecule has 0 bridgehead atoms. The second kappa shape index (κ2) is 4.98. The summed E-state index contributed by atoms with van der Waals surface area (Å²) in [7, 11) is 0. The molecular formula is C14H14F3N. The first-order valence-corrected chi connectivity index (χ1v) is 5.75. The Hall–Kier alpha value is -1.55. The monoisotopic (exact) mass is 253 g/mol. The topological polar surface area (TPSA) is 12.0 Å². The average Bonchev–Trinajstić information content (AvgIpc) is 2.34. The van der Waals surface area contributed by atoms with Gasteiger partial charge in [0.15, 0.2) is 0 Å². The first-order chi connectivity index (χ1) is 8.47. The van der Waals surface area contributed by atoms with E-state index in [-0.39, 0.29) is 6.04 Å². The van der Waals surface area contributed by atoms with E-state index >= 15 is 0 Å². The molecule has 1 atom stereocenters. The molecule has 1 N–H and O–H groups in total. The highest BCUT2D eigenvalue weighted by Gasteiger charge is 2.27. The van der Waals surface area contributed by atoms with E-state index in [1.165, 1.54) is 0 Å². The SMILES string of the molecule is CC(NCC(F)(F)F)c1cccc2ccccc12. The van der Waals surface area contributed by atoms with Gasteiger partial charge in [0.05, 0.1) is 6.54 Å². The molecule has 0 heterocycles. The zero-order chi connectivity index (χ0) is 13.2. The number of halogens is 3. The molecule has 2 aromatic carbocycles. The van der Waals surface area contributed by atoms with Gasteiger partial charge >= 0.3 is 6.18 Å². The minimum Gasteiger partial charge on any atom is -0.302 e. The molecule has 0 radical (unpaired) electrons. The minimum absolute atomic E-state index is 0.335. The van der Waals surface area contributed by atoms with Gasteiger partial charge in [0.2, 0.25) is 0 Å². The summed E-state index contributed by atoms with van der Waals surface area (Å²) in [5, 5.41) is 4.53. The standard InChI is InChI=1S/C14H14F3N/c1-10(18-9-14(15,16)17)12-8-4-6-11-5-2-3-7-13(11)12/h2-8,10,18H,9H2,1H3. The lowest BCUT2D eigenvalue weighted by atomic mass is 10.00. The van der Waals surface area contributed by atoms with Crippen LogP contribution in [0.15, 0.2) is 42.5 Å². The summed E-state index contributed by atoms with van der Waals surface area (Å²) < 4.78 is 36.5. The van der Waals surface area contributed by atoms with Gasteiger partial charge in [0.25, 0.3) is 0 Å². The lowest BCUT2D eigenvalue weighted by Crippen LogP contribution is -2.30. The van der Waals surface area contributed by atoms with E-state index in [0.29, 0.717) is 0 Å². The molecular weight excluding hydrogens is 239 g/mol. The number of benzene rings is 2. The molecule has 2 aromatic rings. The second-order valence-corrected chi connectivity index (χ2v) is 4.29. The van der Waals surface area contributed by atoms with E-state index in [9.17, 15) is 13.2 Å². The largest absolute Gasteiger partial charge is 0.401 e. The molecule has 1 unspecified atom stereocenters. The molecule has 18 heavy (non-hydrogen) atoms. The van der Waals surface area contributed by atoms with Crippen molar-refractivity contribution in [2.75, 3.05) is 6.54 Å². The number of rotatable bonds is 3. The van der Waals surface area contributed by atoms with Crippen molar-refractivity contribution in [3.05, 3.63) is 48.0 Å². The summed E-state index contributed by atoms with van der Waals surface area (Å²) >= 11 is 0. The lowest BCUT2D eigenvalue weighted by molar-refractivity contribution is -0.126. The van der Waals surface area contributed by atoms with Crippen LogP contribution in [0.25, 0.3) is 10.8 Å². The van der Waals surface area contributed by atoms with Gasteiger partial charge in [-0.2, -0.15) is 13.2 Å². The van der Waals surface area contributed by atoms with Crippen molar-refractivity contribution in [3.8, 4) is 0 Å². The Labute approximate surface area is 104 Å². The van der Waals surface area contributed by atoms with Crippen LogP contribution in [0.4, 0.5) is 13.2 Å². The predicted molar refractivity (Wildman–Crippen MR) is 66.4 cm³/mol. The quantitative estimate of drug-likeness (QED) is 0.870. The fraction of sp³-hybridized carbons (Fsp3) is 0.286. The molecule has 4 heteroatoms. The van der Waals surface area contributed by atoms with E-state index in [1.54, 1.807) is 6.92 Å². The number of hydrogen-bond acceptors (Lipinski definition) is 1. The van der Waals surface area contributed by atoms with Crippen molar-refractivity contribution in [1.29, 1.82) is 0 Å². The van der Waals surface area contributed by atoms with Crippen molar-refractivity contribution in [2.45, 2.75) is 19.1 Å². The highest BCUT2D eigenvalue weighted by molar-refractivity contribution is 5.86. The Morgan fingerprint density at radius 3 is 2.44 bits per heavy atom. The van der Waals surface area contributed by atoms with Gasteiger partial charge in [-0.25, -0.2) is 0 Å². The van der Waals surface area contributed by atoms with Crippen LogP contribution >= 0.6 is 0 Å². The molecule has 0 spiro atoms. The second-order valence-electron chi connectivity index (χ2n) is 4.29. The van der Waals surface area contributed by atoms with Crippen LogP contribution in [0.5, 0.6) is 0 Å². The smallest absolute Gasteiger partial charge is 0.302 e. The molecule has 0 aliphatic rings. The summed E-state index contributed by atoms with van der Waals surface area (Å²) in [6, 6.07) is 13.0. The molecule has 0 saturated carbocycles. The summed E-state index contributed by atoms with van der Waals surface area (Å²) in [6.07, 6.45) is -4.18. The normalized spacial score (nSPS) is 13.8. The van der Waals surface area contributed by atoms with Crippen molar-refractivity contribution in [1.82, 2.24) is 5.32 Å². The third-order valence-electron chi connectivity index (χ3n) is 2.90. The van der Waals surface area contributed by atoms with Crippen LogP contribution < -0.4 is 5.32 Å². The molecule has 96 valence electrons. The number of alkyl halides is 3. The van der Waals surface area contributed by atoms with Crippen LogP contribution in [0.3, 0.4) is 0 Å². The number of nitrogens with one attached hydrogen (secondary N) is 1. The van der Waals surface area contributed by atoms with E-state index in [0.717, 1.165) is 16.3 Å². The average molecular weight is 253 g/mol. The van der Waals surface area contributed by atoms with Crippen molar-refractivity contribution >= 4 is 10.8 Å². The first kappa shape index (κ1) is 12.9. The molecule has 0 amide bonds. The molecule has 0 aliphatic carbocycles. The van der Waals surface area contributed by atoms with E-state index in [1.807, 2.05) is 42.5 Å². The maximum absolute atomic E-state index is 12.2. The molecule has 2 rings (SSSR count). The molecule has 0 fully saturated rings. The van der Waals surface area contributed by atoms with E-state index < -0.39 is 12.7 Å². The maximum Gasteiger partial charge on any atom is 0.401 e. The third kappa shape index (κ3) is 3.01. The Bertz CT molecular complexity index is 529. The van der Waals surface area contributed by atoms with Gasteiger partial charge in [0, 0.05) is 6.04 Å². The summed E-state index contributed by atoms with van der Waals surface area (Å²) in [5.41, 5.74) is 0.886. The maximum atomic E-state index is 12.2. The number of fused-ring (bicyclic) bond motifs is 1. The van der Waals surface area contributed by atoms with Crippen LogP contribution in [0.1, 0.15) is 18.5 Å².